The molecule has 0 aliphatic carbocycles. The van der Waals surface area contributed by atoms with E-state index in [0.717, 1.165) is 50.4 Å². The molecule has 0 N–H and O–H groups in total. The van der Waals surface area contributed by atoms with Gasteiger partial charge in [-0.15, -0.1) is 0 Å². The summed E-state index contributed by atoms with van der Waals surface area (Å²) in [6.07, 6.45) is 3.09. The Morgan fingerprint density at radius 3 is 2.78 bits per heavy atom. The third-order valence-corrected chi connectivity index (χ3v) is 3.59. The van der Waals surface area contributed by atoms with Gasteiger partial charge in [-0.25, -0.2) is 0 Å². The Bertz CT molecular complexity index is 422. The quantitative estimate of drug-likeness (QED) is 0.759. The first kappa shape index (κ1) is 13.1. The normalized spacial score (nSPS) is 16.8. The topological polar surface area (TPSA) is 47.4 Å². The number of hydrogen-bond acceptors (Lipinski definition) is 4. The van der Waals surface area contributed by atoms with Gasteiger partial charge in [0.2, 0.25) is 0 Å². The lowest BCUT2D eigenvalue weighted by atomic mass is 10.00. The molecule has 5 nitrogen and oxygen atoms in total. The Morgan fingerprint density at radius 1 is 1.50 bits per heavy atom. The molecule has 0 spiro atoms. The van der Waals surface area contributed by atoms with Crippen molar-refractivity contribution in [2.24, 2.45) is 13.0 Å². The molecule has 1 aliphatic rings. The molecule has 100 valence electrons. The highest BCUT2D eigenvalue weighted by Crippen LogP contribution is 2.23. The second-order valence-corrected chi connectivity index (χ2v) is 5.00. The first-order valence-corrected chi connectivity index (χ1v) is 6.41. The number of aryl methyl sites for hydroxylation is 2. The molecule has 1 saturated heterocycles. The lowest BCUT2D eigenvalue weighted by molar-refractivity contribution is 0.0684. The van der Waals surface area contributed by atoms with Crippen molar-refractivity contribution in [3.8, 4) is 0 Å². The van der Waals surface area contributed by atoms with E-state index in [4.69, 9.17) is 4.74 Å². The zero-order chi connectivity index (χ0) is 13.1. The number of aldehydes is 1. The first-order valence-electron chi connectivity index (χ1n) is 6.41. The van der Waals surface area contributed by atoms with Gasteiger partial charge in [0.25, 0.3) is 0 Å². The Morgan fingerprint density at radius 2 is 2.17 bits per heavy atom. The highest BCUT2D eigenvalue weighted by molar-refractivity contribution is 5.84. The van der Waals surface area contributed by atoms with Crippen LogP contribution in [0.5, 0.6) is 0 Å². The van der Waals surface area contributed by atoms with Gasteiger partial charge < -0.3 is 9.64 Å². The van der Waals surface area contributed by atoms with Crippen molar-refractivity contribution in [2.45, 2.75) is 19.8 Å². The molecule has 0 saturated carbocycles. The van der Waals surface area contributed by atoms with Gasteiger partial charge in [-0.3, -0.25) is 9.48 Å². The van der Waals surface area contributed by atoms with E-state index in [-0.39, 0.29) is 0 Å². The van der Waals surface area contributed by atoms with Crippen LogP contribution in [0.2, 0.25) is 0 Å². The average Bonchev–Trinajstić information content (AvgIpc) is 2.64. The summed E-state index contributed by atoms with van der Waals surface area (Å²) in [5, 5.41) is 4.32. The number of ether oxygens (including phenoxy) is 1. The minimum atomic E-state index is 0.637. The maximum absolute atomic E-state index is 11.2. The minimum Gasteiger partial charge on any atom is -0.381 e. The number of rotatable bonds is 4. The van der Waals surface area contributed by atoms with Gasteiger partial charge in [-0.05, 0) is 25.7 Å². The van der Waals surface area contributed by atoms with Crippen molar-refractivity contribution < 1.29 is 9.53 Å². The SMILES string of the molecule is Cc1nn(C)c(N(C)CC2CCOCC2)c1C=O. The van der Waals surface area contributed by atoms with Gasteiger partial charge in [0, 0.05) is 33.9 Å². The predicted molar refractivity (Wildman–Crippen MR) is 70.1 cm³/mol. The van der Waals surface area contributed by atoms with Crippen LogP contribution in [0.4, 0.5) is 5.82 Å². The lowest BCUT2D eigenvalue weighted by Gasteiger charge is -2.28. The van der Waals surface area contributed by atoms with Crippen molar-refractivity contribution in [1.82, 2.24) is 9.78 Å². The number of aromatic nitrogens is 2. The molecule has 0 radical (unpaired) electrons. The van der Waals surface area contributed by atoms with Gasteiger partial charge in [0.05, 0.1) is 11.3 Å². The van der Waals surface area contributed by atoms with E-state index in [2.05, 4.69) is 10.00 Å². The summed E-state index contributed by atoms with van der Waals surface area (Å²) in [4.78, 5) is 13.3. The number of anilines is 1. The van der Waals surface area contributed by atoms with E-state index in [1.54, 1.807) is 4.68 Å². The summed E-state index contributed by atoms with van der Waals surface area (Å²) in [5.41, 5.74) is 1.49. The van der Waals surface area contributed by atoms with Crippen LogP contribution in [-0.4, -0.2) is 42.9 Å². The maximum Gasteiger partial charge on any atom is 0.155 e. The zero-order valence-corrected chi connectivity index (χ0v) is 11.3. The summed E-state index contributed by atoms with van der Waals surface area (Å²) in [5.74, 6) is 1.55. The van der Waals surface area contributed by atoms with Gasteiger partial charge >= 0.3 is 0 Å². The second kappa shape index (κ2) is 5.52. The van der Waals surface area contributed by atoms with E-state index in [1.807, 2.05) is 21.0 Å². The van der Waals surface area contributed by atoms with Crippen molar-refractivity contribution in [2.75, 3.05) is 31.7 Å². The molecular formula is C13H21N3O2. The van der Waals surface area contributed by atoms with Crippen LogP contribution < -0.4 is 4.90 Å². The van der Waals surface area contributed by atoms with Gasteiger partial charge in [-0.1, -0.05) is 0 Å². The van der Waals surface area contributed by atoms with Crippen molar-refractivity contribution in [3.63, 3.8) is 0 Å². The summed E-state index contributed by atoms with van der Waals surface area (Å²) < 4.78 is 7.16. The second-order valence-electron chi connectivity index (χ2n) is 5.00. The lowest BCUT2D eigenvalue weighted by Crippen LogP contribution is -2.31. The molecular weight excluding hydrogens is 230 g/mol. The third-order valence-electron chi connectivity index (χ3n) is 3.59. The van der Waals surface area contributed by atoms with Crippen LogP contribution in [-0.2, 0) is 11.8 Å². The van der Waals surface area contributed by atoms with Crippen molar-refractivity contribution in [1.29, 1.82) is 0 Å². The summed E-state index contributed by atoms with van der Waals surface area (Å²) >= 11 is 0. The average molecular weight is 251 g/mol. The number of nitrogens with zero attached hydrogens (tertiary/aromatic N) is 3. The molecule has 1 aromatic rings. The fraction of sp³-hybridized carbons (Fsp3) is 0.692. The molecule has 1 aliphatic heterocycles. The molecule has 2 rings (SSSR count). The van der Waals surface area contributed by atoms with E-state index >= 15 is 0 Å². The molecule has 2 heterocycles. The number of carbonyl (C=O) groups excluding carboxylic acids is 1. The largest absolute Gasteiger partial charge is 0.381 e. The van der Waals surface area contributed by atoms with E-state index in [0.29, 0.717) is 11.5 Å². The smallest absolute Gasteiger partial charge is 0.155 e. The van der Waals surface area contributed by atoms with E-state index < -0.39 is 0 Å². The van der Waals surface area contributed by atoms with Crippen LogP contribution >= 0.6 is 0 Å². The van der Waals surface area contributed by atoms with Crippen molar-refractivity contribution >= 4 is 12.1 Å². The Hall–Kier alpha value is -1.36. The van der Waals surface area contributed by atoms with Gasteiger partial charge in [-0.2, -0.15) is 5.10 Å². The maximum atomic E-state index is 11.2. The van der Waals surface area contributed by atoms with Crippen LogP contribution in [0.3, 0.4) is 0 Å². The van der Waals surface area contributed by atoms with Crippen LogP contribution in [0.15, 0.2) is 0 Å². The fourth-order valence-electron chi connectivity index (χ4n) is 2.66. The summed E-state index contributed by atoms with van der Waals surface area (Å²) in [6.45, 7) is 4.52. The molecule has 0 unspecified atom stereocenters. The number of carbonyl (C=O) groups is 1. The van der Waals surface area contributed by atoms with Gasteiger partial charge in [0.15, 0.2) is 6.29 Å². The molecule has 1 fully saturated rings. The minimum absolute atomic E-state index is 0.637. The predicted octanol–water partition coefficient (Wildman–Crippen LogP) is 1.40. The van der Waals surface area contributed by atoms with Gasteiger partial charge in [0.1, 0.15) is 5.82 Å². The highest BCUT2D eigenvalue weighted by Gasteiger charge is 2.21. The molecule has 0 aromatic carbocycles. The third kappa shape index (κ3) is 2.56. The zero-order valence-electron chi connectivity index (χ0n) is 11.3. The number of hydrogen-bond donors (Lipinski definition) is 0. The van der Waals surface area contributed by atoms with Crippen LogP contribution in [0.25, 0.3) is 0 Å². The Kier molecular flexibility index (Phi) is 4.01. The molecule has 1 aromatic heterocycles. The summed E-state index contributed by atoms with van der Waals surface area (Å²) in [7, 11) is 3.91. The molecule has 0 amide bonds. The monoisotopic (exact) mass is 251 g/mol. The fourth-order valence-corrected chi connectivity index (χ4v) is 2.66. The standard InChI is InChI=1S/C13H21N3O2/c1-10-12(9-17)13(16(3)14-10)15(2)8-11-4-6-18-7-5-11/h9,11H,4-8H2,1-3H3. The molecule has 5 heteroatoms. The molecule has 18 heavy (non-hydrogen) atoms. The highest BCUT2D eigenvalue weighted by atomic mass is 16.5. The molecule has 0 bridgehead atoms. The first-order chi connectivity index (χ1) is 8.63. The van der Waals surface area contributed by atoms with Crippen LogP contribution in [0, 0.1) is 12.8 Å². The Labute approximate surface area is 108 Å². The van der Waals surface area contributed by atoms with E-state index in [9.17, 15) is 4.79 Å². The van der Waals surface area contributed by atoms with E-state index in [1.165, 1.54) is 0 Å². The molecule has 0 atom stereocenters. The van der Waals surface area contributed by atoms with Crippen LogP contribution in [0.1, 0.15) is 28.9 Å². The Balaban J connectivity index is 2.12. The summed E-state index contributed by atoms with van der Waals surface area (Å²) in [6, 6.07) is 0. The van der Waals surface area contributed by atoms with Crippen molar-refractivity contribution in [3.05, 3.63) is 11.3 Å².